The normalized spacial score (nSPS) is 15.3. The number of nitrogens with zero attached hydrogens (tertiary/aromatic N) is 1. The van der Waals surface area contributed by atoms with Gasteiger partial charge in [-0.25, -0.2) is 4.39 Å². The number of hydrogen-bond donors (Lipinski definition) is 1. The third-order valence-electron chi connectivity index (χ3n) is 4.72. The maximum absolute atomic E-state index is 13.0. The largest absolute Gasteiger partial charge is 0.495 e. The van der Waals surface area contributed by atoms with Crippen LogP contribution in [0.2, 0.25) is 0 Å². The van der Waals surface area contributed by atoms with E-state index >= 15 is 0 Å². The molecular weight excluding hydrogens is 347 g/mol. The number of methoxy groups -OCH3 is 1. The molecule has 1 aliphatic rings. The van der Waals surface area contributed by atoms with Crippen molar-refractivity contribution in [3.05, 3.63) is 53.8 Å². The molecule has 0 spiro atoms. The molecule has 2 aromatic carbocycles. The van der Waals surface area contributed by atoms with Crippen molar-refractivity contribution in [3.63, 3.8) is 0 Å². The van der Waals surface area contributed by atoms with Crippen LogP contribution in [0.3, 0.4) is 0 Å². The van der Waals surface area contributed by atoms with Crippen LogP contribution in [0.1, 0.15) is 12.5 Å². The zero-order valence-corrected chi connectivity index (χ0v) is 15.7. The first-order valence-corrected chi connectivity index (χ1v) is 9.13. The predicted molar refractivity (Wildman–Crippen MR) is 104 cm³/mol. The molecule has 1 N–H and O–H groups in total. The molecule has 5 nitrogen and oxygen atoms in total. The number of amides is 1. The van der Waals surface area contributed by atoms with Crippen molar-refractivity contribution in [2.75, 3.05) is 43.6 Å². The fraction of sp³-hybridized carbons (Fsp3) is 0.381. The summed E-state index contributed by atoms with van der Waals surface area (Å²) in [6, 6.07) is 12.0. The van der Waals surface area contributed by atoms with E-state index in [1.807, 2.05) is 25.1 Å². The van der Waals surface area contributed by atoms with Crippen LogP contribution >= 0.6 is 0 Å². The Morgan fingerprint density at radius 3 is 2.59 bits per heavy atom. The molecule has 2 aromatic rings. The zero-order chi connectivity index (χ0) is 19.2. The summed E-state index contributed by atoms with van der Waals surface area (Å²) in [5.74, 6) is -0.0150. The molecule has 1 amide bonds. The second-order valence-corrected chi connectivity index (χ2v) is 6.70. The monoisotopic (exact) mass is 372 g/mol. The Bertz CT molecular complexity index is 773. The van der Waals surface area contributed by atoms with Crippen molar-refractivity contribution in [3.8, 4) is 5.75 Å². The molecular formula is C21H25FN2O3. The van der Waals surface area contributed by atoms with Crippen LogP contribution in [-0.2, 0) is 16.0 Å². The van der Waals surface area contributed by atoms with Crippen molar-refractivity contribution in [1.29, 1.82) is 0 Å². The second kappa shape index (κ2) is 8.86. The Labute approximate surface area is 159 Å². The number of carbonyl (C=O) groups is 1. The van der Waals surface area contributed by atoms with Crippen LogP contribution in [-0.4, -0.2) is 39.3 Å². The van der Waals surface area contributed by atoms with Gasteiger partial charge in [-0.1, -0.05) is 19.1 Å². The molecule has 1 unspecified atom stereocenters. The minimum Gasteiger partial charge on any atom is -0.495 e. The summed E-state index contributed by atoms with van der Waals surface area (Å²) in [6.45, 7) is 4.89. The molecule has 0 aromatic heterocycles. The predicted octanol–water partition coefficient (Wildman–Crippen LogP) is 3.49. The third kappa shape index (κ3) is 4.98. The van der Waals surface area contributed by atoms with Gasteiger partial charge in [-0.2, -0.15) is 0 Å². The standard InChI is InChI=1S/C21H25FN2O3/c1-15(13-16-3-5-17(22)6-4-16)21(25)23-19-14-18(7-8-20(19)26-2)24-9-11-27-12-10-24/h3-8,14-15H,9-13H2,1-2H3,(H,23,25). The van der Waals surface area contributed by atoms with Crippen LogP contribution in [0.25, 0.3) is 0 Å². The molecule has 1 heterocycles. The highest BCUT2D eigenvalue weighted by molar-refractivity contribution is 5.94. The summed E-state index contributed by atoms with van der Waals surface area (Å²) >= 11 is 0. The molecule has 0 aliphatic carbocycles. The van der Waals surface area contributed by atoms with Crippen molar-refractivity contribution in [2.45, 2.75) is 13.3 Å². The number of morpholine rings is 1. The highest BCUT2D eigenvalue weighted by Crippen LogP contribution is 2.30. The minimum absolute atomic E-state index is 0.100. The van der Waals surface area contributed by atoms with Crippen molar-refractivity contribution in [1.82, 2.24) is 0 Å². The number of ether oxygens (including phenoxy) is 2. The van der Waals surface area contributed by atoms with E-state index in [-0.39, 0.29) is 17.6 Å². The van der Waals surface area contributed by atoms with Crippen LogP contribution in [0.4, 0.5) is 15.8 Å². The molecule has 144 valence electrons. The average Bonchev–Trinajstić information content (AvgIpc) is 2.70. The first-order chi connectivity index (χ1) is 13.1. The Morgan fingerprint density at radius 1 is 1.22 bits per heavy atom. The van der Waals surface area contributed by atoms with Gasteiger partial charge < -0.3 is 19.7 Å². The van der Waals surface area contributed by atoms with Crippen molar-refractivity contribution >= 4 is 17.3 Å². The summed E-state index contributed by atoms with van der Waals surface area (Å²) in [5, 5.41) is 2.98. The number of anilines is 2. The number of nitrogens with one attached hydrogen (secondary N) is 1. The molecule has 0 bridgehead atoms. The van der Waals surface area contributed by atoms with E-state index in [2.05, 4.69) is 10.2 Å². The van der Waals surface area contributed by atoms with Crippen LogP contribution in [0.15, 0.2) is 42.5 Å². The molecule has 1 atom stereocenters. The van der Waals surface area contributed by atoms with Gasteiger partial charge >= 0.3 is 0 Å². The lowest BCUT2D eigenvalue weighted by atomic mass is 10.00. The van der Waals surface area contributed by atoms with E-state index in [4.69, 9.17) is 9.47 Å². The van der Waals surface area contributed by atoms with E-state index in [9.17, 15) is 9.18 Å². The number of carbonyl (C=O) groups excluding carboxylic acids is 1. The number of benzene rings is 2. The van der Waals surface area contributed by atoms with Gasteiger partial charge in [-0.05, 0) is 42.3 Å². The summed E-state index contributed by atoms with van der Waals surface area (Å²) < 4.78 is 23.8. The first kappa shape index (κ1) is 19.2. The van der Waals surface area contributed by atoms with Gasteiger partial charge in [0.15, 0.2) is 0 Å². The molecule has 3 rings (SSSR count). The molecule has 27 heavy (non-hydrogen) atoms. The maximum Gasteiger partial charge on any atom is 0.227 e. The van der Waals surface area contributed by atoms with E-state index in [0.29, 0.717) is 31.1 Å². The average molecular weight is 372 g/mol. The lowest BCUT2D eigenvalue weighted by molar-refractivity contribution is -0.119. The van der Waals surface area contributed by atoms with Gasteiger partial charge in [0.25, 0.3) is 0 Å². The van der Waals surface area contributed by atoms with Gasteiger partial charge in [-0.15, -0.1) is 0 Å². The summed E-state index contributed by atoms with van der Waals surface area (Å²) in [6.07, 6.45) is 0.539. The number of halogens is 1. The fourth-order valence-corrected chi connectivity index (χ4v) is 3.13. The molecule has 1 saturated heterocycles. The van der Waals surface area contributed by atoms with Gasteiger partial charge in [-0.3, -0.25) is 4.79 Å². The van der Waals surface area contributed by atoms with Crippen LogP contribution in [0.5, 0.6) is 5.75 Å². The lowest BCUT2D eigenvalue weighted by Crippen LogP contribution is -2.36. The highest BCUT2D eigenvalue weighted by Gasteiger charge is 2.18. The second-order valence-electron chi connectivity index (χ2n) is 6.70. The minimum atomic E-state index is -0.277. The molecule has 0 radical (unpaired) electrons. The van der Waals surface area contributed by atoms with Gasteiger partial charge in [0, 0.05) is 24.7 Å². The Morgan fingerprint density at radius 2 is 1.93 bits per heavy atom. The molecule has 1 aliphatic heterocycles. The van der Waals surface area contributed by atoms with Gasteiger partial charge in [0.1, 0.15) is 11.6 Å². The Hall–Kier alpha value is -2.60. The van der Waals surface area contributed by atoms with E-state index in [0.717, 1.165) is 24.3 Å². The first-order valence-electron chi connectivity index (χ1n) is 9.13. The molecule has 1 fully saturated rings. The van der Waals surface area contributed by atoms with Gasteiger partial charge in [0.2, 0.25) is 5.91 Å². The van der Waals surface area contributed by atoms with E-state index < -0.39 is 0 Å². The summed E-state index contributed by atoms with van der Waals surface area (Å²) in [7, 11) is 1.58. The smallest absolute Gasteiger partial charge is 0.227 e. The topological polar surface area (TPSA) is 50.8 Å². The van der Waals surface area contributed by atoms with Gasteiger partial charge in [0.05, 0.1) is 26.0 Å². The fourth-order valence-electron chi connectivity index (χ4n) is 3.13. The Kier molecular flexibility index (Phi) is 6.29. The number of rotatable bonds is 6. The maximum atomic E-state index is 13.0. The highest BCUT2D eigenvalue weighted by atomic mass is 19.1. The van der Waals surface area contributed by atoms with Crippen molar-refractivity contribution in [2.24, 2.45) is 5.92 Å². The van der Waals surface area contributed by atoms with E-state index in [1.165, 1.54) is 12.1 Å². The quantitative estimate of drug-likeness (QED) is 0.843. The van der Waals surface area contributed by atoms with E-state index in [1.54, 1.807) is 19.2 Å². The van der Waals surface area contributed by atoms with Crippen molar-refractivity contribution < 1.29 is 18.7 Å². The number of hydrogen-bond acceptors (Lipinski definition) is 4. The third-order valence-corrected chi connectivity index (χ3v) is 4.72. The lowest BCUT2D eigenvalue weighted by Gasteiger charge is -2.29. The SMILES string of the molecule is COc1ccc(N2CCOCC2)cc1NC(=O)C(C)Cc1ccc(F)cc1. The van der Waals surface area contributed by atoms with Crippen LogP contribution in [0, 0.1) is 11.7 Å². The Balaban J connectivity index is 1.70. The zero-order valence-electron chi connectivity index (χ0n) is 15.7. The van der Waals surface area contributed by atoms with Crippen LogP contribution < -0.4 is 15.0 Å². The summed E-state index contributed by atoms with van der Waals surface area (Å²) in [4.78, 5) is 14.9. The molecule has 6 heteroatoms. The summed E-state index contributed by atoms with van der Waals surface area (Å²) in [5.41, 5.74) is 2.60. The molecule has 0 saturated carbocycles.